The lowest BCUT2D eigenvalue weighted by molar-refractivity contribution is 0.0157. The number of oxime groups is 1. The molecule has 0 saturated carbocycles. The smallest absolute Gasteiger partial charge is 0.170 e. The van der Waals surface area contributed by atoms with Gasteiger partial charge in [0, 0.05) is 18.8 Å². The van der Waals surface area contributed by atoms with Crippen LogP contribution < -0.4 is 5.73 Å². The summed E-state index contributed by atoms with van der Waals surface area (Å²) in [5.74, 6) is 0.690. The van der Waals surface area contributed by atoms with Crippen molar-refractivity contribution in [3.05, 3.63) is 35.4 Å². The maximum atomic E-state index is 8.75. The number of hydrogen-bond acceptors (Lipinski definition) is 4. The van der Waals surface area contributed by atoms with Crippen molar-refractivity contribution in [3.8, 4) is 0 Å². The molecule has 1 aliphatic rings. The van der Waals surface area contributed by atoms with Gasteiger partial charge in [0.1, 0.15) is 0 Å². The third-order valence-corrected chi connectivity index (χ3v) is 3.35. The van der Waals surface area contributed by atoms with Gasteiger partial charge < -0.3 is 20.4 Å². The van der Waals surface area contributed by atoms with E-state index in [-0.39, 0.29) is 5.84 Å². The average Bonchev–Trinajstić information content (AvgIpc) is 2.48. The van der Waals surface area contributed by atoms with E-state index in [1.807, 2.05) is 24.3 Å². The molecule has 1 aromatic rings. The number of hydrogen-bond donors (Lipinski definition) is 2. The summed E-state index contributed by atoms with van der Waals surface area (Å²) >= 11 is 0. The first kappa shape index (κ1) is 13.8. The van der Waals surface area contributed by atoms with E-state index in [4.69, 9.17) is 20.4 Å². The summed E-state index contributed by atoms with van der Waals surface area (Å²) in [7, 11) is 0. The molecule has 1 aromatic carbocycles. The molecule has 5 nitrogen and oxygen atoms in total. The molecule has 0 unspecified atom stereocenters. The van der Waals surface area contributed by atoms with E-state index in [0.29, 0.717) is 12.5 Å². The first-order valence-corrected chi connectivity index (χ1v) is 6.52. The Bertz CT molecular complexity index is 428. The lowest BCUT2D eigenvalue weighted by Gasteiger charge is -2.22. The van der Waals surface area contributed by atoms with E-state index < -0.39 is 0 Å². The highest BCUT2D eigenvalue weighted by Gasteiger charge is 2.14. The molecule has 0 spiro atoms. The van der Waals surface area contributed by atoms with Crippen LogP contribution in [0, 0.1) is 5.92 Å². The monoisotopic (exact) mass is 264 g/mol. The average molecular weight is 264 g/mol. The standard InChI is InChI=1S/C14H20N2O3/c15-14(16-17)13-4-2-1-3-12(13)10-19-9-11-5-7-18-8-6-11/h1-4,11,17H,5-10H2,(H2,15,16). The number of ether oxygens (including phenoxy) is 2. The molecule has 0 radical (unpaired) electrons. The molecule has 1 heterocycles. The lowest BCUT2D eigenvalue weighted by atomic mass is 10.0. The highest BCUT2D eigenvalue weighted by molar-refractivity contribution is 5.98. The van der Waals surface area contributed by atoms with Gasteiger partial charge >= 0.3 is 0 Å². The molecule has 0 amide bonds. The fourth-order valence-electron chi connectivity index (χ4n) is 2.20. The van der Waals surface area contributed by atoms with E-state index in [9.17, 15) is 0 Å². The van der Waals surface area contributed by atoms with Crippen LogP contribution in [0.5, 0.6) is 0 Å². The van der Waals surface area contributed by atoms with Crippen LogP contribution in [0.15, 0.2) is 29.4 Å². The second-order valence-corrected chi connectivity index (χ2v) is 4.71. The van der Waals surface area contributed by atoms with Gasteiger partial charge in [-0.3, -0.25) is 0 Å². The molecular formula is C14H20N2O3. The number of nitrogens with two attached hydrogens (primary N) is 1. The SMILES string of the molecule is NC(=NO)c1ccccc1COCC1CCOCC1. The van der Waals surface area contributed by atoms with Crippen LogP contribution in [0.25, 0.3) is 0 Å². The molecule has 0 aromatic heterocycles. The third kappa shape index (κ3) is 3.94. The van der Waals surface area contributed by atoms with Crippen molar-refractivity contribution in [1.82, 2.24) is 0 Å². The topological polar surface area (TPSA) is 77.1 Å². The fourth-order valence-corrected chi connectivity index (χ4v) is 2.20. The van der Waals surface area contributed by atoms with Crippen LogP contribution in [0.4, 0.5) is 0 Å². The van der Waals surface area contributed by atoms with Gasteiger partial charge in [-0.2, -0.15) is 0 Å². The van der Waals surface area contributed by atoms with Gasteiger partial charge in [0.15, 0.2) is 5.84 Å². The molecule has 5 heteroatoms. The number of nitrogens with zero attached hydrogens (tertiary/aromatic N) is 1. The van der Waals surface area contributed by atoms with E-state index >= 15 is 0 Å². The zero-order chi connectivity index (χ0) is 13.5. The zero-order valence-electron chi connectivity index (χ0n) is 10.9. The minimum atomic E-state index is 0.116. The molecule has 0 aliphatic carbocycles. The molecule has 1 aliphatic heterocycles. The van der Waals surface area contributed by atoms with E-state index in [1.54, 1.807) is 0 Å². The van der Waals surface area contributed by atoms with Crippen molar-refractivity contribution in [2.45, 2.75) is 19.4 Å². The Hall–Kier alpha value is -1.59. The van der Waals surface area contributed by atoms with Gasteiger partial charge in [0.25, 0.3) is 0 Å². The highest BCUT2D eigenvalue weighted by Crippen LogP contribution is 2.16. The van der Waals surface area contributed by atoms with E-state index in [0.717, 1.165) is 43.8 Å². The minimum absolute atomic E-state index is 0.116. The van der Waals surface area contributed by atoms with Crippen LogP contribution in [-0.2, 0) is 16.1 Å². The summed E-state index contributed by atoms with van der Waals surface area (Å²) < 4.78 is 11.1. The second kappa shape index (κ2) is 7.11. The van der Waals surface area contributed by atoms with E-state index in [2.05, 4.69) is 5.16 Å². The van der Waals surface area contributed by atoms with Crippen molar-refractivity contribution in [3.63, 3.8) is 0 Å². The number of amidine groups is 1. The fraction of sp³-hybridized carbons (Fsp3) is 0.500. The Labute approximate surface area is 113 Å². The second-order valence-electron chi connectivity index (χ2n) is 4.71. The molecule has 2 rings (SSSR count). The maximum Gasteiger partial charge on any atom is 0.170 e. The van der Waals surface area contributed by atoms with Gasteiger partial charge in [-0.25, -0.2) is 0 Å². The molecule has 3 N–H and O–H groups in total. The van der Waals surface area contributed by atoms with Crippen LogP contribution in [-0.4, -0.2) is 30.9 Å². The van der Waals surface area contributed by atoms with Crippen molar-refractivity contribution in [2.24, 2.45) is 16.8 Å². The van der Waals surface area contributed by atoms with E-state index in [1.165, 1.54) is 0 Å². The summed E-state index contributed by atoms with van der Waals surface area (Å²) in [6, 6.07) is 7.52. The molecule has 0 atom stereocenters. The Kier molecular flexibility index (Phi) is 5.18. The van der Waals surface area contributed by atoms with Crippen LogP contribution in [0.2, 0.25) is 0 Å². The minimum Gasteiger partial charge on any atom is -0.409 e. The normalized spacial score (nSPS) is 17.6. The van der Waals surface area contributed by atoms with Gasteiger partial charge in [-0.05, 0) is 24.3 Å². The maximum absolute atomic E-state index is 8.75. The van der Waals surface area contributed by atoms with Crippen molar-refractivity contribution in [1.29, 1.82) is 0 Å². The molecule has 104 valence electrons. The predicted octanol–water partition coefficient (Wildman–Crippen LogP) is 1.72. The van der Waals surface area contributed by atoms with Gasteiger partial charge in [0.2, 0.25) is 0 Å². The van der Waals surface area contributed by atoms with Gasteiger partial charge in [-0.15, -0.1) is 0 Å². The quantitative estimate of drug-likeness (QED) is 0.367. The third-order valence-electron chi connectivity index (χ3n) is 3.35. The van der Waals surface area contributed by atoms with Crippen LogP contribution in [0.1, 0.15) is 24.0 Å². The number of benzene rings is 1. The molecule has 1 saturated heterocycles. The number of rotatable bonds is 5. The summed E-state index contributed by atoms with van der Waals surface area (Å²) in [5.41, 5.74) is 7.29. The summed E-state index contributed by atoms with van der Waals surface area (Å²) in [5, 5.41) is 11.8. The van der Waals surface area contributed by atoms with Gasteiger partial charge in [-0.1, -0.05) is 29.4 Å². The molecular weight excluding hydrogens is 244 g/mol. The Morgan fingerprint density at radius 1 is 1.37 bits per heavy atom. The summed E-state index contributed by atoms with van der Waals surface area (Å²) in [6.45, 7) is 2.86. The highest BCUT2D eigenvalue weighted by atomic mass is 16.5. The molecule has 19 heavy (non-hydrogen) atoms. The predicted molar refractivity (Wildman–Crippen MR) is 72.2 cm³/mol. The first-order valence-electron chi connectivity index (χ1n) is 6.52. The van der Waals surface area contributed by atoms with Crippen molar-refractivity contribution < 1.29 is 14.7 Å². The molecule has 0 bridgehead atoms. The van der Waals surface area contributed by atoms with Crippen molar-refractivity contribution in [2.75, 3.05) is 19.8 Å². The van der Waals surface area contributed by atoms with Gasteiger partial charge in [0.05, 0.1) is 13.2 Å². The van der Waals surface area contributed by atoms with Crippen molar-refractivity contribution >= 4 is 5.84 Å². The largest absolute Gasteiger partial charge is 0.409 e. The summed E-state index contributed by atoms with van der Waals surface area (Å²) in [4.78, 5) is 0. The Morgan fingerprint density at radius 2 is 2.11 bits per heavy atom. The zero-order valence-corrected chi connectivity index (χ0v) is 10.9. The first-order chi connectivity index (χ1) is 9.31. The lowest BCUT2D eigenvalue weighted by Crippen LogP contribution is -2.21. The Morgan fingerprint density at radius 3 is 2.84 bits per heavy atom. The molecule has 1 fully saturated rings. The van der Waals surface area contributed by atoms with Crippen LogP contribution in [0.3, 0.4) is 0 Å². The van der Waals surface area contributed by atoms with Crippen LogP contribution >= 0.6 is 0 Å². The summed E-state index contributed by atoms with van der Waals surface area (Å²) in [6.07, 6.45) is 2.11. The Balaban J connectivity index is 1.88.